The van der Waals surface area contributed by atoms with Crippen molar-refractivity contribution in [2.45, 2.75) is 91.1 Å². The van der Waals surface area contributed by atoms with Gasteiger partial charge in [-0.3, -0.25) is 0 Å². The Labute approximate surface area is 289 Å². The zero-order chi connectivity index (χ0) is 35.3. The lowest BCUT2D eigenvalue weighted by molar-refractivity contribution is -0.143. The van der Waals surface area contributed by atoms with Gasteiger partial charge in [0, 0.05) is 12.2 Å². The van der Waals surface area contributed by atoms with Crippen molar-refractivity contribution in [3.05, 3.63) is 54.6 Å². The maximum Gasteiger partial charge on any atom is 0.331 e. The molecule has 4 nitrogen and oxygen atoms in total. The highest BCUT2D eigenvalue weighted by molar-refractivity contribution is 5.87. The second-order valence-electron chi connectivity index (χ2n) is 10.1. The minimum Gasteiger partial charge on any atom is -0.463 e. The van der Waals surface area contributed by atoms with Crippen LogP contribution in [0.15, 0.2) is 49.1 Å². The van der Waals surface area contributed by atoms with Gasteiger partial charge in [-0.15, -0.1) is 6.42 Å². The third kappa shape index (κ3) is 28.9. The molecule has 0 aliphatic heterocycles. The first-order valence-electron chi connectivity index (χ1n) is 16.1. The molecule has 0 aliphatic rings. The molecule has 0 bridgehead atoms. The Bertz CT molecular complexity index is 1640. The van der Waals surface area contributed by atoms with Crippen LogP contribution in [0, 0.1) is 101 Å². The largest absolute Gasteiger partial charge is 0.463 e. The summed E-state index contributed by atoms with van der Waals surface area (Å²) in [5.74, 6) is 36.8. The standard InChI is InChI=1S/C29H16O2.C15H28O2/c1-4-5-6-7-8-9-10-11-12-13-14-15-16-18-21-26(2)27(3)31-29(30)25-24-28-22-19-17-20-23-28;1-3-5-6-7-8-9-10-11-12-13-14-17-15(16)4-2/h1,17,19-20,22-27H,2-3H3;4H,2-3,5-14H2,1H3/b25-24-;. The van der Waals surface area contributed by atoms with Gasteiger partial charge in [0.25, 0.3) is 0 Å². The van der Waals surface area contributed by atoms with Crippen LogP contribution in [0.25, 0.3) is 6.08 Å². The van der Waals surface area contributed by atoms with Gasteiger partial charge in [0.2, 0.25) is 0 Å². The predicted molar refractivity (Wildman–Crippen MR) is 196 cm³/mol. The maximum atomic E-state index is 11.9. The molecule has 244 valence electrons. The number of carbonyl (C=O) groups excluding carboxylic acids is 2. The van der Waals surface area contributed by atoms with Crippen LogP contribution in [0.1, 0.15) is 90.5 Å². The molecule has 0 N–H and O–H groups in total. The van der Waals surface area contributed by atoms with Gasteiger partial charge in [-0.05, 0) is 115 Å². The van der Waals surface area contributed by atoms with Crippen LogP contribution < -0.4 is 0 Å². The quantitative estimate of drug-likeness (QED) is 0.0814. The third-order valence-electron chi connectivity index (χ3n) is 6.25. The molecule has 48 heavy (non-hydrogen) atoms. The number of carbonyl (C=O) groups is 2. The van der Waals surface area contributed by atoms with Gasteiger partial charge in [-0.2, -0.15) is 0 Å². The monoisotopic (exact) mass is 636 g/mol. The Morgan fingerprint density at radius 3 is 1.69 bits per heavy atom. The molecule has 0 spiro atoms. The van der Waals surface area contributed by atoms with Crippen molar-refractivity contribution < 1.29 is 19.1 Å². The van der Waals surface area contributed by atoms with Crippen LogP contribution in [0.5, 0.6) is 0 Å². The van der Waals surface area contributed by atoms with E-state index in [0.29, 0.717) is 6.61 Å². The van der Waals surface area contributed by atoms with Crippen LogP contribution in [0.2, 0.25) is 0 Å². The van der Waals surface area contributed by atoms with Crippen molar-refractivity contribution >= 4 is 18.0 Å². The minimum atomic E-state index is -0.421. The summed E-state index contributed by atoms with van der Waals surface area (Å²) in [5.41, 5.74) is 0.924. The lowest BCUT2D eigenvalue weighted by Crippen LogP contribution is -2.19. The third-order valence-corrected chi connectivity index (χ3v) is 6.25. The number of rotatable bonds is 16. The second-order valence-corrected chi connectivity index (χ2v) is 10.1. The normalized spacial score (nSPS) is 9.71. The van der Waals surface area contributed by atoms with E-state index in [0.717, 1.165) is 12.0 Å². The SMILES string of the molecule is C#CC#CC#CC#CC#CC#CC#CC#CC(C)C(C)OC(=O)/C=C\c1ccccc1.C=CC(=O)OCCCCCCCCCCCC. The lowest BCUT2D eigenvalue weighted by atomic mass is 10.1. The van der Waals surface area contributed by atoms with E-state index in [2.05, 4.69) is 102 Å². The fourth-order valence-electron chi connectivity index (χ4n) is 3.52. The molecule has 0 saturated carbocycles. The van der Waals surface area contributed by atoms with E-state index in [1.165, 1.54) is 69.9 Å². The Hall–Kier alpha value is -5.88. The first kappa shape index (κ1) is 42.1. The summed E-state index contributed by atoms with van der Waals surface area (Å²) in [6, 6.07) is 9.50. The number of hydrogen-bond donors (Lipinski definition) is 0. The Balaban J connectivity index is 0.00000110. The van der Waals surface area contributed by atoms with Crippen LogP contribution in [0.4, 0.5) is 0 Å². The fourth-order valence-corrected chi connectivity index (χ4v) is 3.52. The number of esters is 2. The van der Waals surface area contributed by atoms with Crippen LogP contribution in [-0.2, 0) is 19.1 Å². The smallest absolute Gasteiger partial charge is 0.331 e. The summed E-state index contributed by atoms with van der Waals surface area (Å²) in [6.45, 7) is 9.78. The molecule has 0 radical (unpaired) electrons. The highest BCUT2D eigenvalue weighted by atomic mass is 16.5. The molecule has 1 aromatic rings. The van der Waals surface area contributed by atoms with Gasteiger partial charge in [-0.1, -0.05) is 108 Å². The molecule has 1 rings (SSSR count). The summed E-state index contributed by atoms with van der Waals surface area (Å²) in [6.07, 6.45) is 21.8. The molecule has 0 amide bonds. The fraction of sp³-hybridized carbons (Fsp3) is 0.364. The van der Waals surface area contributed by atoms with Gasteiger partial charge in [0.15, 0.2) is 0 Å². The highest BCUT2D eigenvalue weighted by Crippen LogP contribution is 2.10. The van der Waals surface area contributed by atoms with Crippen molar-refractivity contribution in [1.82, 2.24) is 0 Å². The van der Waals surface area contributed by atoms with Gasteiger partial charge in [-0.25, -0.2) is 9.59 Å². The number of benzene rings is 1. The Morgan fingerprint density at radius 1 is 0.708 bits per heavy atom. The molecule has 0 aromatic heterocycles. The average molecular weight is 637 g/mol. The van der Waals surface area contributed by atoms with Crippen molar-refractivity contribution in [1.29, 1.82) is 0 Å². The zero-order valence-corrected chi connectivity index (χ0v) is 28.5. The summed E-state index contributed by atoms with van der Waals surface area (Å²) >= 11 is 0. The topological polar surface area (TPSA) is 52.6 Å². The molecule has 0 fully saturated rings. The van der Waals surface area contributed by atoms with E-state index in [1.54, 1.807) is 13.0 Å². The molecule has 1 aromatic carbocycles. The van der Waals surface area contributed by atoms with E-state index in [-0.39, 0.29) is 18.0 Å². The minimum absolute atomic E-state index is 0.183. The van der Waals surface area contributed by atoms with Crippen LogP contribution >= 0.6 is 0 Å². The van der Waals surface area contributed by atoms with E-state index < -0.39 is 5.97 Å². The van der Waals surface area contributed by atoms with Gasteiger partial charge in [0.1, 0.15) is 6.10 Å². The van der Waals surface area contributed by atoms with Gasteiger partial charge in [0.05, 0.1) is 12.5 Å². The van der Waals surface area contributed by atoms with E-state index in [4.69, 9.17) is 15.9 Å². The second kappa shape index (κ2) is 32.5. The Kier molecular flexibility index (Phi) is 28.5. The maximum absolute atomic E-state index is 11.9. The number of hydrogen-bond acceptors (Lipinski definition) is 4. The molecular formula is C44H44O4. The molecule has 0 saturated heterocycles. The van der Waals surface area contributed by atoms with Gasteiger partial charge >= 0.3 is 11.9 Å². The first-order valence-corrected chi connectivity index (χ1v) is 16.1. The lowest BCUT2D eigenvalue weighted by Gasteiger charge is -2.14. The van der Waals surface area contributed by atoms with Crippen molar-refractivity contribution in [2.24, 2.45) is 5.92 Å². The van der Waals surface area contributed by atoms with Gasteiger partial charge < -0.3 is 9.47 Å². The van der Waals surface area contributed by atoms with Crippen molar-refractivity contribution in [3.8, 4) is 95.2 Å². The predicted octanol–water partition coefficient (Wildman–Crippen LogP) is 7.56. The molecule has 2 atom stereocenters. The summed E-state index contributed by atoms with van der Waals surface area (Å²) in [7, 11) is 0. The van der Waals surface area contributed by atoms with Crippen molar-refractivity contribution in [2.75, 3.05) is 6.61 Å². The molecule has 0 aliphatic carbocycles. The summed E-state index contributed by atoms with van der Waals surface area (Å²) in [4.78, 5) is 22.6. The molecule has 0 heterocycles. The summed E-state index contributed by atoms with van der Waals surface area (Å²) in [5, 5.41) is 0. The van der Waals surface area contributed by atoms with E-state index in [9.17, 15) is 9.59 Å². The van der Waals surface area contributed by atoms with E-state index in [1.807, 2.05) is 37.3 Å². The van der Waals surface area contributed by atoms with Crippen molar-refractivity contribution in [3.63, 3.8) is 0 Å². The van der Waals surface area contributed by atoms with Crippen LogP contribution in [-0.4, -0.2) is 24.6 Å². The first-order chi connectivity index (χ1) is 23.4. The number of terminal acetylenes is 1. The molecule has 2 unspecified atom stereocenters. The van der Waals surface area contributed by atoms with Crippen LogP contribution in [0.3, 0.4) is 0 Å². The summed E-state index contributed by atoms with van der Waals surface area (Å²) < 4.78 is 10.2. The highest BCUT2D eigenvalue weighted by Gasteiger charge is 2.13. The zero-order valence-electron chi connectivity index (χ0n) is 28.5. The number of ether oxygens (including phenoxy) is 2. The average Bonchev–Trinajstić information content (AvgIpc) is 3.10. The number of unbranched alkanes of at least 4 members (excludes halogenated alkanes) is 9. The van der Waals surface area contributed by atoms with E-state index >= 15 is 0 Å². The molecular weight excluding hydrogens is 592 g/mol. The molecule has 4 heteroatoms. The Morgan fingerprint density at radius 2 is 1.19 bits per heavy atom.